The molecule has 2 rings (SSSR count). The Kier molecular flexibility index (Phi) is 2.07. The zero-order valence-electron chi connectivity index (χ0n) is 8.48. The van der Waals surface area contributed by atoms with Gasteiger partial charge in [0.2, 0.25) is 0 Å². The van der Waals surface area contributed by atoms with Crippen LogP contribution < -0.4 is 0 Å². The number of aromatic amines is 1. The fourth-order valence-electron chi connectivity index (χ4n) is 1.63. The molecule has 2 N–H and O–H groups in total. The summed E-state index contributed by atoms with van der Waals surface area (Å²) in [5, 5.41) is 13.1. The minimum absolute atomic E-state index is 0.200. The normalized spacial score (nSPS) is 10.5. The molecule has 0 aliphatic heterocycles. The molecule has 0 amide bonds. The first-order chi connectivity index (χ1) is 7.09. The van der Waals surface area contributed by atoms with E-state index in [1.165, 1.54) is 0 Å². The molecule has 0 spiro atoms. The molecular formula is C10H11N3O2. The molecule has 0 fully saturated rings. The maximum atomic E-state index is 10.9. The lowest BCUT2D eigenvalue weighted by molar-refractivity contribution is 0.0692. The molecule has 2 aromatic rings. The second-order valence-corrected chi connectivity index (χ2v) is 3.37. The Bertz CT molecular complexity index is 510. The zero-order valence-corrected chi connectivity index (χ0v) is 8.48. The van der Waals surface area contributed by atoms with Crippen LogP contribution in [-0.2, 0) is 7.05 Å². The lowest BCUT2D eigenvalue weighted by atomic mass is 10.1. The second-order valence-electron chi connectivity index (χ2n) is 3.37. The molecule has 0 saturated heterocycles. The van der Waals surface area contributed by atoms with E-state index >= 15 is 0 Å². The standard InChI is InChI=1S/C10H11N3O2/c1-6-8(5-13(2)12-6)7-3-4-11-9(7)10(14)15/h3-5,11H,1-2H3,(H,14,15). The fraction of sp³-hybridized carbons (Fsp3) is 0.200. The summed E-state index contributed by atoms with van der Waals surface area (Å²) in [5.74, 6) is -0.960. The highest BCUT2D eigenvalue weighted by molar-refractivity contribution is 5.94. The summed E-state index contributed by atoms with van der Waals surface area (Å²) < 4.78 is 1.67. The van der Waals surface area contributed by atoms with Gasteiger partial charge < -0.3 is 10.1 Å². The third-order valence-electron chi connectivity index (χ3n) is 2.26. The summed E-state index contributed by atoms with van der Waals surface area (Å²) in [6.07, 6.45) is 3.43. The van der Waals surface area contributed by atoms with Gasteiger partial charge in [-0.3, -0.25) is 4.68 Å². The number of carboxylic acid groups (broad SMARTS) is 1. The highest BCUT2D eigenvalue weighted by atomic mass is 16.4. The van der Waals surface area contributed by atoms with Crippen molar-refractivity contribution in [3.05, 3.63) is 29.8 Å². The van der Waals surface area contributed by atoms with E-state index in [1.807, 2.05) is 20.2 Å². The Balaban J connectivity index is 2.58. The first-order valence-corrected chi connectivity index (χ1v) is 4.51. The predicted octanol–water partition coefficient (Wildman–Crippen LogP) is 1.42. The zero-order chi connectivity index (χ0) is 11.0. The van der Waals surface area contributed by atoms with E-state index in [4.69, 9.17) is 5.11 Å². The molecule has 0 aliphatic rings. The minimum atomic E-state index is -0.960. The molecule has 2 heterocycles. The van der Waals surface area contributed by atoms with Gasteiger partial charge in [-0.1, -0.05) is 0 Å². The van der Waals surface area contributed by atoms with Crippen molar-refractivity contribution in [1.82, 2.24) is 14.8 Å². The average molecular weight is 205 g/mol. The van der Waals surface area contributed by atoms with Crippen molar-refractivity contribution >= 4 is 5.97 Å². The van der Waals surface area contributed by atoms with Crippen LogP contribution in [-0.4, -0.2) is 25.8 Å². The summed E-state index contributed by atoms with van der Waals surface area (Å²) in [5.41, 5.74) is 2.54. The van der Waals surface area contributed by atoms with Gasteiger partial charge in [0.05, 0.1) is 5.69 Å². The quantitative estimate of drug-likeness (QED) is 0.778. The Hall–Kier alpha value is -2.04. The van der Waals surface area contributed by atoms with Crippen molar-refractivity contribution < 1.29 is 9.90 Å². The van der Waals surface area contributed by atoms with Crippen LogP contribution in [0.3, 0.4) is 0 Å². The highest BCUT2D eigenvalue weighted by Gasteiger charge is 2.15. The Morgan fingerprint density at radius 2 is 2.27 bits per heavy atom. The molecule has 0 aliphatic carbocycles. The fourth-order valence-corrected chi connectivity index (χ4v) is 1.63. The number of hydrogen-bond acceptors (Lipinski definition) is 2. The van der Waals surface area contributed by atoms with E-state index < -0.39 is 5.97 Å². The average Bonchev–Trinajstić information content (AvgIpc) is 2.71. The number of H-pyrrole nitrogens is 1. The number of aromatic nitrogens is 3. The van der Waals surface area contributed by atoms with Gasteiger partial charge in [-0.25, -0.2) is 4.79 Å². The smallest absolute Gasteiger partial charge is 0.352 e. The summed E-state index contributed by atoms with van der Waals surface area (Å²) in [6.45, 7) is 1.86. The Labute approximate surface area is 86.4 Å². The number of nitrogens with one attached hydrogen (secondary N) is 1. The van der Waals surface area contributed by atoms with Gasteiger partial charge in [0.1, 0.15) is 5.69 Å². The first kappa shape index (κ1) is 9.51. The summed E-state index contributed by atoms with van der Waals surface area (Å²) in [7, 11) is 1.81. The topological polar surface area (TPSA) is 70.9 Å². The summed E-state index contributed by atoms with van der Waals surface area (Å²) in [6, 6.07) is 1.74. The molecule has 0 bridgehead atoms. The van der Waals surface area contributed by atoms with Crippen molar-refractivity contribution in [2.45, 2.75) is 6.92 Å². The molecular weight excluding hydrogens is 194 g/mol. The van der Waals surface area contributed by atoms with Crippen LogP contribution in [0.25, 0.3) is 11.1 Å². The van der Waals surface area contributed by atoms with Crippen molar-refractivity contribution in [3.8, 4) is 11.1 Å². The lowest BCUT2D eigenvalue weighted by Gasteiger charge is -1.97. The van der Waals surface area contributed by atoms with Crippen LogP contribution in [0.5, 0.6) is 0 Å². The molecule has 15 heavy (non-hydrogen) atoms. The predicted molar refractivity (Wildman–Crippen MR) is 54.7 cm³/mol. The largest absolute Gasteiger partial charge is 0.477 e. The van der Waals surface area contributed by atoms with E-state index in [0.717, 1.165) is 11.3 Å². The van der Waals surface area contributed by atoms with Crippen LogP contribution in [0.1, 0.15) is 16.2 Å². The van der Waals surface area contributed by atoms with Crippen molar-refractivity contribution in [3.63, 3.8) is 0 Å². The van der Waals surface area contributed by atoms with Gasteiger partial charge in [0, 0.05) is 30.6 Å². The number of carboxylic acids is 1. The number of hydrogen-bond donors (Lipinski definition) is 2. The number of aryl methyl sites for hydroxylation is 2. The van der Waals surface area contributed by atoms with Crippen LogP contribution in [0.2, 0.25) is 0 Å². The number of carbonyl (C=O) groups is 1. The lowest BCUT2D eigenvalue weighted by Crippen LogP contribution is -1.98. The van der Waals surface area contributed by atoms with Crippen LogP contribution in [0.15, 0.2) is 18.5 Å². The maximum absolute atomic E-state index is 10.9. The van der Waals surface area contributed by atoms with Crippen LogP contribution in [0.4, 0.5) is 0 Å². The molecule has 0 unspecified atom stereocenters. The van der Waals surface area contributed by atoms with E-state index in [2.05, 4.69) is 10.1 Å². The SMILES string of the molecule is Cc1nn(C)cc1-c1cc[nH]c1C(=O)O. The number of nitrogens with zero attached hydrogens (tertiary/aromatic N) is 2. The van der Waals surface area contributed by atoms with Gasteiger partial charge >= 0.3 is 5.97 Å². The molecule has 2 aromatic heterocycles. The van der Waals surface area contributed by atoms with E-state index in [-0.39, 0.29) is 5.69 Å². The highest BCUT2D eigenvalue weighted by Crippen LogP contribution is 2.25. The second kappa shape index (κ2) is 3.27. The van der Waals surface area contributed by atoms with Gasteiger partial charge in [-0.2, -0.15) is 5.10 Å². The van der Waals surface area contributed by atoms with E-state index in [0.29, 0.717) is 5.56 Å². The monoisotopic (exact) mass is 205 g/mol. The third-order valence-corrected chi connectivity index (χ3v) is 2.26. The molecule has 0 aromatic carbocycles. The van der Waals surface area contributed by atoms with Crippen LogP contribution >= 0.6 is 0 Å². The van der Waals surface area contributed by atoms with E-state index in [1.54, 1.807) is 16.9 Å². The van der Waals surface area contributed by atoms with Gasteiger partial charge in [-0.05, 0) is 13.0 Å². The van der Waals surface area contributed by atoms with E-state index in [9.17, 15) is 4.79 Å². The minimum Gasteiger partial charge on any atom is -0.477 e. The first-order valence-electron chi connectivity index (χ1n) is 4.51. The summed E-state index contributed by atoms with van der Waals surface area (Å²) >= 11 is 0. The van der Waals surface area contributed by atoms with Gasteiger partial charge in [-0.15, -0.1) is 0 Å². The molecule has 0 radical (unpaired) electrons. The Morgan fingerprint density at radius 1 is 1.53 bits per heavy atom. The number of rotatable bonds is 2. The molecule has 5 nitrogen and oxygen atoms in total. The van der Waals surface area contributed by atoms with Crippen molar-refractivity contribution in [2.24, 2.45) is 7.05 Å². The number of aromatic carboxylic acids is 1. The molecule has 78 valence electrons. The maximum Gasteiger partial charge on any atom is 0.352 e. The van der Waals surface area contributed by atoms with Crippen molar-refractivity contribution in [2.75, 3.05) is 0 Å². The molecule has 0 saturated carbocycles. The third kappa shape index (κ3) is 1.52. The molecule has 0 atom stereocenters. The van der Waals surface area contributed by atoms with Crippen molar-refractivity contribution in [1.29, 1.82) is 0 Å². The Morgan fingerprint density at radius 3 is 2.80 bits per heavy atom. The molecule has 5 heteroatoms. The van der Waals surface area contributed by atoms with Crippen LogP contribution in [0, 0.1) is 6.92 Å². The van der Waals surface area contributed by atoms with Gasteiger partial charge in [0.25, 0.3) is 0 Å². The summed E-state index contributed by atoms with van der Waals surface area (Å²) in [4.78, 5) is 13.6. The van der Waals surface area contributed by atoms with Gasteiger partial charge in [0.15, 0.2) is 0 Å².